The van der Waals surface area contributed by atoms with Gasteiger partial charge in [-0.1, -0.05) is 27.5 Å². The molecule has 0 bridgehead atoms. The highest BCUT2D eigenvalue weighted by Gasteiger charge is 2.03. The average Bonchev–Trinajstić information content (AvgIpc) is 2.63. The number of aromatic nitrogens is 1. The van der Waals surface area contributed by atoms with Gasteiger partial charge < -0.3 is 4.74 Å². The Morgan fingerprint density at radius 2 is 2.31 bits per heavy atom. The van der Waals surface area contributed by atoms with Crippen molar-refractivity contribution in [1.29, 1.82) is 0 Å². The Kier molecular flexibility index (Phi) is 3.84. The van der Waals surface area contributed by atoms with Crippen molar-refractivity contribution in [3.8, 4) is 5.75 Å². The third kappa shape index (κ3) is 2.97. The predicted molar refractivity (Wildman–Crippen MR) is 70.3 cm³/mol. The number of thiazole rings is 1. The van der Waals surface area contributed by atoms with Crippen LogP contribution in [0.4, 0.5) is 0 Å². The van der Waals surface area contributed by atoms with Crippen molar-refractivity contribution < 1.29 is 4.74 Å². The van der Waals surface area contributed by atoms with Gasteiger partial charge in [-0.25, -0.2) is 4.98 Å². The van der Waals surface area contributed by atoms with Crippen LogP contribution in [0.15, 0.2) is 28.9 Å². The Bertz CT molecular complexity index is 500. The van der Waals surface area contributed by atoms with Gasteiger partial charge in [-0.15, -0.1) is 11.3 Å². The molecule has 0 radical (unpaired) electrons. The van der Waals surface area contributed by atoms with Crippen LogP contribution in [0.3, 0.4) is 0 Å². The molecule has 1 aromatic heterocycles. The van der Waals surface area contributed by atoms with Crippen LogP contribution in [0.5, 0.6) is 5.75 Å². The van der Waals surface area contributed by atoms with E-state index in [1.165, 1.54) is 11.3 Å². The Labute approximate surface area is 111 Å². The van der Waals surface area contributed by atoms with Gasteiger partial charge in [-0.2, -0.15) is 0 Å². The van der Waals surface area contributed by atoms with Crippen molar-refractivity contribution in [1.82, 2.24) is 4.98 Å². The van der Waals surface area contributed by atoms with Crippen molar-refractivity contribution in [2.24, 2.45) is 0 Å². The number of aryl methyl sites for hydroxylation is 1. The average molecular weight is 319 g/mol. The monoisotopic (exact) mass is 317 g/mol. The first kappa shape index (κ1) is 11.9. The highest BCUT2D eigenvalue weighted by molar-refractivity contribution is 9.10. The first-order chi connectivity index (χ1) is 7.65. The summed E-state index contributed by atoms with van der Waals surface area (Å²) in [5, 5.41) is 0. The van der Waals surface area contributed by atoms with Crippen LogP contribution in [0.1, 0.15) is 10.4 Å². The first-order valence-corrected chi connectivity index (χ1v) is 6.63. The van der Waals surface area contributed by atoms with E-state index in [-0.39, 0.29) is 0 Å². The molecule has 0 fully saturated rings. The second-order valence-electron chi connectivity index (χ2n) is 3.28. The lowest BCUT2D eigenvalue weighted by Gasteiger charge is -2.07. The molecule has 0 aliphatic carbocycles. The molecule has 0 N–H and O–H groups in total. The molecule has 0 spiro atoms. The number of benzene rings is 1. The van der Waals surface area contributed by atoms with Crippen molar-refractivity contribution in [2.45, 2.75) is 13.5 Å². The van der Waals surface area contributed by atoms with Crippen LogP contribution < -0.4 is 4.74 Å². The standard InChI is InChI=1S/C11H9BrClNOS/c1-7-4-8(12)2-3-10(7)15-6-9-5-14-11(13)16-9/h2-5H,6H2,1H3. The molecule has 84 valence electrons. The zero-order valence-electron chi connectivity index (χ0n) is 8.54. The zero-order valence-corrected chi connectivity index (χ0v) is 11.7. The minimum atomic E-state index is 0.507. The van der Waals surface area contributed by atoms with Gasteiger partial charge in [0.25, 0.3) is 0 Å². The van der Waals surface area contributed by atoms with E-state index in [9.17, 15) is 0 Å². The summed E-state index contributed by atoms with van der Waals surface area (Å²) in [6, 6.07) is 5.93. The zero-order chi connectivity index (χ0) is 11.5. The van der Waals surface area contributed by atoms with Gasteiger partial charge in [0.15, 0.2) is 4.47 Å². The second-order valence-corrected chi connectivity index (χ2v) is 5.89. The molecule has 0 saturated heterocycles. The van der Waals surface area contributed by atoms with Gasteiger partial charge >= 0.3 is 0 Å². The lowest BCUT2D eigenvalue weighted by molar-refractivity contribution is 0.307. The number of halogens is 2. The Morgan fingerprint density at radius 3 is 2.94 bits per heavy atom. The molecule has 0 aliphatic heterocycles. The number of rotatable bonds is 3. The van der Waals surface area contributed by atoms with Gasteiger partial charge in [0.1, 0.15) is 12.4 Å². The quantitative estimate of drug-likeness (QED) is 0.834. The normalized spacial score (nSPS) is 10.4. The van der Waals surface area contributed by atoms with Gasteiger partial charge in [0.05, 0.1) is 4.88 Å². The summed E-state index contributed by atoms with van der Waals surface area (Å²) in [7, 11) is 0. The largest absolute Gasteiger partial charge is 0.488 e. The summed E-state index contributed by atoms with van der Waals surface area (Å²) in [6.07, 6.45) is 1.74. The lowest BCUT2D eigenvalue weighted by atomic mass is 10.2. The van der Waals surface area contributed by atoms with Gasteiger partial charge in [-0.05, 0) is 30.7 Å². The molecule has 0 aliphatic rings. The minimum absolute atomic E-state index is 0.507. The molecule has 1 aromatic carbocycles. The van der Waals surface area contributed by atoms with E-state index in [0.29, 0.717) is 11.1 Å². The van der Waals surface area contributed by atoms with Crippen LogP contribution in [-0.4, -0.2) is 4.98 Å². The fourth-order valence-corrected chi connectivity index (χ4v) is 2.64. The molecule has 0 atom stereocenters. The van der Waals surface area contributed by atoms with Crippen molar-refractivity contribution in [3.05, 3.63) is 43.8 Å². The summed E-state index contributed by atoms with van der Waals surface area (Å²) in [5.41, 5.74) is 1.10. The summed E-state index contributed by atoms with van der Waals surface area (Å²) >= 11 is 10.6. The van der Waals surface area contributed by atoms with E-state index in [2.05, 4.69) is 20.9 Å². The SMILES string of the molecule is Cc1cc(Br)ccc1OCc1cnc(Cl)s1. The third-order valence-electron chi connectivity index (χ3n) is 2.03. The summed E-state index contributed by atoms with van der Waals surface area (Å²) in [6.45, 7) is 2.52. The highest BCUT2D eigenvalue weighted by atomic mass is 79.9. The topological polar surface area (TPSA) is 22.1 Å². The number of hydrogen-bond donors (Lipinski definition) is 0. The van der Waals surface area contributed by atoms with Crippen molar-refractivity contribution >= 4 is 38.9 Å². The van der Waals surface area contributed by atoms with E-state index in [4.69, 9.17) is 16.3 Å². The fraction of sp³-hybridized carbons (Fsp3) is 0.182. The van der Waals surface area contributed by atoms with Gasteiger partial charge in [0.2, 0.25) is 0 Å². The second kappa shape index (κ2) is 5.17. The van der Waals surface area contributed by atoms with E-state index in [0.717, 1.165) is 20.7 Å². The Balaban J connectivity index is 2.04. The van der Waals surface area contributed by atoms with E-state index in [1.54, 1.807) is 6.20 Å². The number of nitrogens with zero attached hydrogens (tertiary/aromatic N) is 1. The molecule has 0 saturated carbocycles. The molecular weight excluding hydrogens is 310 g/mol. The maximum atomic E-state index is 5.74. The Morgan fingerprint density at radius 1 is 1.50 bits per heavy atom. The fourth-order valence-electron chi connectivity index (χ4n) is 1.27. The molecular formula is C11H9BrClNOS. The summed E-state index contributed by atoms with van der Waals surface area (Å²) in [4.78, 5) is 4.98. The first-order valence-electron chi connectivity index (χ1n) is 4.64. The van der Waals surface area contributed by atoms with E-state index in [1.807, 2.05) is 25.1 Å². The number of ether oxygens (including phenoxy) is 1. The van der Waals surface area contributed by atoms with Crippen LogP contribution >= 0.6 is 38.9 Å². The molecule has 2 rings (SSSR count). The Hall–Kier alpha value is -0.580. The third-order valence-corrected chi connectivity index (χ3v) is 3.61. The maximum absolute atomic E-state index is 5.74. The van der Waals surface area contributed by atoms with Crippen molar-refractivity contribution in [2.75, 3.05) is 0 Å². The summed E-state index contributed by atoms with van der Waals surface area (Å²) < 4.78 is 7.28. The molecule has 0 amide bonds. The molecule has 0 unspecified atom stereocenters. The maximum Gasteiger partial charge on any atom is 0.183 e. The minimum Gasteiger partial charge on any atom is -0.488 e. The smallest absolute Gasteiger partial charge is 0.183 e. The summed E-state index contributed by atoms with van der Waals surface area (Å²) in [5.74, 6) is 0.882. The van der Waals surface area contributed by atoms with E-state index >= 15 is 0 Å². The number of hydrogen-bond acceptors (Lipinski definition) is 3. The highest BCUT2D eigenvalue weighted by Crippen LogP contribution is 2.24. The molecule has 2 aromatic rings. The molecule has 16 heavy (non-hydrogen) atoms. The predicted octanol–water partition coefficient (Wildman–Crippen LogP) is 4.45. The van der Waals surface area contributed by atoms with Crippen LogP contribution in [0.25, 0.3) is 0 Å². The molecule has 2 nitrogen and oxygen atoms in total. The molecule has 5 heteroatoms. The van der Waals surface area contributed by atoms with Crippen LogP contribution in [-0.2, 0) is 6.61 Å². The van der Waals surface area contributed by atoms with E-state index < -0.39 is 0 Å². The van der Waals surface area contributed by atoms with Crippen LogP contribution in [0.2, 0.25) is 4.47 Å². The van der Waals surface area contributed by atoms with Crippen molar-refractivity contribution in [3.63, 3.8) is 0 Å². The molecule has 1 heterocycles. The lowest BCUT2D eigenvalue weighted by Crippen LogP contribution is -1.94. The van der Waals surface area contributed by atoms with Gasteiger partial charge in [-0.3, -0.25) is 0 Å². The van der Waals surface area contributed by atoms with Gasteiger partial charge in [0, 0.05) is 10.7 Å². The van der Waals surface area contributed by atoms with Crippen LogP contribution in [0, 0.1) is 6.92 Å².